The maximum atomic E-state index is 10.6. The van der Waals surface area contributed by atoms with Gasteiger partial charge in [-0.25, -0.2) is 0 Å². The summed E-state index contributed by atoms with van der Waals surface area (Å²) in [4.78, 5) is 20.6. The number of methoxy groups -OCH3 is 1. The normalized spacial score (nSPS) is 29.7. The molecule has 1 fully saturated rings. The van der Waals surface area contributed by atoms with Crippen molar-refractivity contribution in [2.24, 2.45) is 0 Å². The van der Waals surface area contributed by atoms with Crippen LogP contribution in [0.5, 0.6) is 0 Å². The summed E-state index contributed by atoms with van der Waals surface area (Å²) >= 11 is 0. The summed E-state index contributed by atoms with van der Waals surface area (Å²) in [5, 5.41) is 2.42. The summed E-state index contributed by atoms with van der Waals surface area (Å²) in [5.74, 6) is -0.351. The number of nitrogens with one attached hydrogen (secondary N) is 1. The van der Waals surface area contributed by atoms with E-state index >= 15 is 0 Å². The molecular weight excluding hydrogens is 150 g/mol. The Morgan fingerprint density at radius 3 is 3.09 bits per heavy atom. The van der Waals surface area contributed by atoms with Crippen molar-refractivity contribution in [3.05, 3.63) is 0 Å². The van der Waals surface area contributed by atoms with Gasteiger partial charge in [0, 0.05) is 7.11 Å². The minimum Gasteiger partial charge on any atom is -0.433 e. The molecule has 1 aliphatic heterocycles. The van der Waals surface area contributed by atoms with Crippen LogP contribution in [0.4, 0.5) is 0 Å². The molecule has 1 heterocycles. The van der Waals surface area contributed by atoms with E-state index in [-0.39, 0.29) is 18.4 Å². The molecule has 1 aliphatic rings. The first-order chi connectivity index (χ1) is 5.27. The second kappa shape index (κ2) is 3.34. The molecule has 0 saturated carbocycles. The zero-order valence-electron chi connectivity index (χ0n) is 6.07. The molecule has 0 aliphatic carbocycles. The van der Waals surface area contributed by atoms with Crippen LogP contribution < -0.4 is 5.32 Å². The average Bonchev–Trinajstić information content (AvgIpc) is 2.32. The Balaban J connectivity index is 2.49. The number of esters is 1. The first-order valence-corrected chi connectivity index (χ1v) is 3.20. The van der Waals surface area contributed by atoms with Crippen LogP contribution >= 0.6 is 0 Å². The second-order valence-electron chi connectivity index (χ2n) is 2.19. The Morgan fingerprint density at radius 1 is 1.82 bits per heavy atom. The van der Waals surface area contributed by atoms with Crippen LogP contribution in [0.15, 0.2) is 0 Å². The van der Waals surface area contributed by atoms with Crippen LogP contribution in [-0.2, 0) is 19.1 Å². The van der Waals surface area contributed by atoms with Crippen LogP contribution in [0.3, 0.4) is 0 Å². The van der Waals surface area contributed by atoms with Crippen molar-refractivity contribution in [2.75, 3.05) is 7.11 Å². The Kier molecular flexibility index (Phi) is 2.43. The summed E-state index contributed by atoms with van der Waals surface area (Å²) in [6.07, 6.45) is 0.0725. The lowest BCUT2D eigenvalue weighted by Gasteiger charge is -2.13. The molecule has 0 aromatic heterocycles. The Hall–Kier alpha value is -1.10. The number of rotatable bonds is 3. The van der Waals surface area contributed by atoms with E-state index < -0.39 is 6.29 Å². The van der Waals surface area contributed by atoms with Crippen LogP contribution in [0, 0.1) is 0 Å². The van der Waals surface area contributed by atoms with E-state index in [9.17, 15) is 9.59 Å². The molecule has 0 aromatic carbocycles. The summed E-state index contributed by atoms with van der Waals surface area (Å²) < 4.78 is 9.48. The minimum atomic E-state index is -0.632. The highest BCUT2D eigenvalue weighted by molar-refractivity contribution is 5.73. The van der Waals surface area contributed by atoms with Gasteiger partial charge in [-0.2, -0.15) is 0 Å². The van der Waals surface area contributed by atoms with Gasteiger partial charge in [0.15, 0.2) is 0 Å². The van der Waals surface area contributed by atoms with Crippen molar-refractivity contribution in [3.63, 3.8) is 0 Å². The van der Waals surface area contributed by atoms with Crippen molar-refractivity contribution < 1.29 is 19.1 Å². The average molecular weight is 159 g/mol. The van der Waals surface area contributed by atoms with Gasteiger partial charge in [-0.15, -0.1) is 0 Å². The largest absolute Gasteiger partial charge is 0.433 e. The molecule has 0 aromatic rings. The van der Waals surface area contributed by atoms with Gasteiger partial charge in [0.1, 0.15) is 6.04 Å². The molecule has 0 bridgehead atoms. The van der Waals surface area contributed by atoms with Gasteiger partial charge in [-0.3, -0.25) is 9.59 Å². The number of carbonyl (C=O) groups excluding carboxylic acids is 2. The third-order valence-electron chi connectivity index (χ3n) is 1.48. The first-order valence-electron chi connectivity index (χ1n) is 3.20. The van der Waals surface area contributed by atoms with Crippen molar-refractivity contribution >= 4 is 12.4 Å². The number of amides is 1. The highest BCUT2D eigenvalue weighted by atomic mass is 16.7. The van der Waals surface area contributed by atoms with Gasteiger partial charge in [0.2, 0.25) is 12.7 Å². The maximum Gasteiger partial charge on any atom is 0.310 e. The van der Waals surface area contributed by atoms with Crippen molar-refractivity contribution in [3.8, 4) is 0 Å². The molecule has 1 saturated heterocycles. The molecular formula is C6H9NO4. The fourth-order valence-electron chi connectivity index (χ4n) is 0.973. The van der Waals surface area contributed by atoms with Gasteiger partial charge in [0.25, 0.3) is 0 Å². The second-order valence-corrected chi connectivity index (χ2v) is 2.19. The lowest BCUT2D eigenvalue weighted by atomic mass is 10.2. The van der Waals surface area contributed by atoms with Crippen molar-refractivity contribution in [2.45, 2.75) is 18.8 Å². The minimum absolute atomic E-state index is 0.178. The number of hydrogen-bond acceptors (Lipinski definition) is 4. The molecule has 0 radical (unpaired) electrons. The van der Waals surface area contributed by atoms with E-state index in [4.69, 9.17) is 9.47 Å². The van der Waals surface area contributed by atoms with Gasteiger partial charge in [-0.1, -0.05) is 0 Å². The molecule has 62 valence electrons. The third-order valence-corrected chi connectivity index (χ3v) is 1.48. The summed E-state index contributed by atoms with van der Waals surface area (Å²) in [5.41, 5.74) is 0. The molecule has 1 amide bonds. The van der Waals surface area contributed by atoms with E-state index in [1.54, 1.807) is 0 Å². The van der Waals surface area contributed by atoms with E-state index in [1.807, 2.05) is 0 Å². The molecule has 1 N–H and O–H groups in total. The van der Waals surface area contributed by atoms with E-state index in [2.05, 4.69) is 5.32 Å². The van der Waals surface area contributed by atoms with Crippen LogP contribution in [-0.4, -0.2) is 31.8 Å². The van der Waals surface area contributed by atoms with E-state index in [1.165, 1.54) is 7.11 Å². The van der Waals surface area contributed by atoms with Crippen LogP contribution in [0.1, 0.15) is 6.42 Å². The highest BCUT2D eigenvalue weighted by Gasteiger charge is 2.34. The van der Waals surface area contributed by atoms with E-state index in [0.29, 0.717) is 6.41 Å². The smallest absolute Gasteiger partial charge is 0.310 e. The standard InChI is InChI=1S/C6H9NO4/c1-10-6-4(7-3-8)2-5(9)11-6/h3-4,6H,2H2,1H3,(H,7,8)/t4-,6+/m0/s1. The molecule has 11 heavy (non-hydrogen) atoms. The Bertz CT molecular complexity index is 170. The van der Waals surface area contributed by atoms with Gasteiger partial charge >= 0.3 is 5.97 Å². The summed E-state index contributed by atoms with van der Waals surface area (Å²) in [6, 6.07) is -0.343. The quantitative estimate of drug-likeness (QED) is 0.424. The number of hydrogen-bond donors (Lipinski definition) is 1. The maximum absolute atomic E-state index is 10.6. The fourth-order valence-corrected chi connectivity index (χ4v) is 0.973. The van der Waals surface area contributed by atoms with Crippen LogP contribution in [0.2, 0.25) is 0 Å². The van der Waals surface area contributed by atoms with Gasteiger partial charge < -0.3 is 14.8 Å². The Morgan fingerprint density at radius 2 is 2.55 bits per heavy atom. The molecule has 1 rings (SSSR count). The lowest BCUT2D eigenvalue weighted by Crippen LogP contribution is -2.36. The predicted octanol–water partition coefficient (Wildman–Crippen LogP) is -0.980. The predicted molar refractivity (Wildman–Crippen MR) is 34.5 cm³/mol. The van der Waals surface area contributed by atoms with Crippen LogP contribution in [0.25, 0.3) is 0 Å². The highest BCUT2D eigenvalue weighted by Crippen LogP contribution is 2.14. The molecule has 5 heteroatoms. The number of cyclic esters (lactones) is 1. The zero-order chi connectivity index (χ0) is 8.27. The first kappa shape index (κ1) is 8.00. The summed E-state index contributed by atoms with van der Waals surface area (Å²) in [7, 11) is 1.42. The van der Waals surface area contributed by atoms with Gasteiger partial charge in [-0.05, 0) is 0 Å². The number of carbonyl (C=O) groups is 2. The monoisotopic (exact) mass is 159 g/mol. The third kappa shape index (κ3) is 1.68. The molecule has 0 unspecified atom stereocenters. The Labute approximate surface area is 63.7 Å². The SMILES string of the molecule is CO[C@@H]1OC(=O)C[C@@H]1NC=O. The molecule has 5 nitrogen and oxygen atoms in total. The zero-order valence-corrected chi connectivity index (χ0v) is 6.07. The van der Waals surface area contributed by atoms with Crippen molar-refractivity contribution in [1.82, 2.24) is 5.32 Å². The fraction of sp³-hybridized carbons (Fsp3) is 0.667. The lowest BCUT2D eigenvalue weighted by molar-refractivity contribution is -0.159. The topological polar surface area (TPSA) is 64.6 Å². The molecule has 0 spiro atoms. The number of ether oxygens (including phenoxy) is 2. The summed E-state index contributed by atoms with van der Waals surface area (Å²) in [6.45, 7) is 0. The van der Waals surface area contributed by atoms with Gasteiger partial charge in [0.05, 0.1) is 6.42 Å². The van der Waals surface area contributed by atoms with Crippen molar-refractivity contribution in [1.29, 1.82) is 0 Å². The molecule has 2 atom stereocenters. The van der Waals surface area contributed by atoms with E-state index in [0.717, 1.165) is 0 Å².